The van der Waals surface area contributed by atoms with Crippen LogP contribution in [0.4, 0.5) is 17.3 Å². The Morgan fingerprint density at radius 3 is 2.67 bits per heavy atom. The normalized spacial score (nSPS) is 15.1. The number of nitrogen functional groups attached to an aromatic ring is 1. The van der Waals surface area contributed by atoms with Crippen LogP contribution in [0.1, 0.15) is 30.1 Å². The molecule has 1 fully saturated rings. The monoisotopic (exact) mass is 327 g/mol. The molecule has 0 aliphatic carbocycles. The van der Waals surface area contributed by atoms with Gasteiger partial charge in [-0.1, -0.05) is 6.92 Å². The van der Waals surface area contributed by atoms with Crippen molar-refractivity contribution in [1.82, 2.24) is 20.4 Å². The summed E-state index contributed by atoms with van der Waals surface area (Å²) in [4.78, 5) is 26.5. The fraction of sp³-hybridized carbons (Fsp3) is 0.375. The zero-order valence-electron chi connectivity index (χ0n) is 13.6. The molecule has 4 N–H and O–H groups in total. The van der Waals surface area contributed by atoms with E-state index in [9.17, 15) is 4.79 Å². The highest BCUT2D eigenvalue weighted by molar-refractivity contribution is 5.95. The van der Waals surface area contributed by atoms with Crippen LogP contribution in [0.5, 0.6) is 0 Å². The molecule has 0 aromatic carbocycles. The van der Waals surface area contributed by atoms with Crippen LogP contribution < -0.4 is 21.5 Å². The molecule has 0 atom stereocenters. The number of nitrogens with one attached hydrogen (secondary N) is 2. The Labute approximate surface area is 140 Å². The van der Waals surface area contributed by atoms with Crippen molar-refractivity contribution in [2.24, 2.45) is 5.92 Å². The third kappa shape index (κ3) is 3.53. The van der Waals surface area contributed by atoms with Gasteiger partial charge in [-0.3, -0.25) is 20.6 Å². The first-order chi connectivity index (χ1) is 11.6. The molecule has 3 rings (SSSR count). The molecule has 126 valence electrons. The summed E-state index contributed by atoms with van der Waals surface area (Å²) in [6, 6.07) is 3.25. The van der Waals surface area contributed by atoms with E-state index in [-0.39, 0.29) is 5.91 Å². The van der Waals surface area contributed by atoms with E-state index in [1.807, 2.05) is 0 Å². The van der Waals surface area contributed by atoms with E-state index in [4.69, 9.17) is 5.73 Å². The Kier molecular flexibility index (Phi) is 4.74. The Morgan fingerprint density at radius 1 is 1.25 bits per heavy atom. The van der Waals surface area contributed by atoms with Gasteiger partial charge >= 0.3 is 0 Å². The number of amides is 1. The smallest absolute Gasteiger partial charge is 0.269 e. The molecule has 1 amide bonds. The van der Waals surface area contributed by atoms with Crippen molar-refractivity contribution in [3.8, 4) is 0 Å². The van der Waals surface area contributed by atoms with Crippen LogP contribution >= 0.6 is 0 Å². The molecule has 8 nitrogen and oxygen atoms in total. The van der Waals surface area contributed by atoms with Crippen molar-refractivity contribution in [2.75, 3.05) is 29.1 Å². The van der Waals surface area contributed by atoms with Crippen molar-refractivity contribution in [3.63, 3.8) is 0 Å². The van der Waals surface area contributed by atoms with Crippen LogP contribution in [0, 0.1) is 5.92 Å². The van der Waals surface area contributed by atoms with Crippen LogP contribution in [0.2, 0.25) is 0 Å². The fourth-order valence-corrected chi connectivity index (χ4v) is 2.65. The molecule has 1 aliphatic rings. The molecule has 0 radical (unpaired) electrons. The van der Waals surface area contributed by atoms with Crippen LogP contribution in [-0.4, -0.2) is 33.9 Å². The van der Waals surface area contributed by atoms with Gasteiger partial charge in [0.05, 0.1) is 0 Å². The second kappa shape index (κ2) is 7.12. The quantitative estimate of drug-likeness (QED) is 0.729. The molecule has 1 aliphatic heterocycles. The SMILES string of the molecule is CC1CCN(c2ncnc(NNC(=O)c3ccncc3)c2N)CC1. The van der Waals surface area contributed by atoms with Gasteiger partial charge in [-0.15, -0.1) is 0 Å². The molecule has 0 unspecified atom stereocenters. The maximum absolute atomic E-state index is 12.1. The highest BCUT2D eigenvalue weighted by Crippen LogP contribution is 2.29. The van der Waals surface area contributed by atoms with Crippen molar-refractivity contribution >= 4 is 23.2 Å². The van der Waals surface area contributed by atoms with Crippen LogP contribution in [0.15, 0.2) is 30.9 Å². The average Bonchev–Trinajstić information content (AvgIpc) is 2.62. The summed E-state index contributed by atoms with van der Waals surface area (Å²) in [7, 11) is 0. The number of anilines is 3. The van der Waals surface area contributed by atoms with E-state index in [0.717, 1.165) is 31.8 Å². The van der Waals surface area contributed by atoms with Crippen LogP contribution in [0.3, 0.4) is 0 Å². The summed E-state index contributed by atoms with van der Waals surface area (Å²) in [6.07, 6.45) is 6.80. The number of piperidine rings is 1. The molecule has 8 heteroatoms. The summed E-state index contributed by atoms with van der Waals surface area (Å²) >= 11 is 0. The van der Waals surface area contributed by atoms with Crippen molar-refractivity contribution in [3.05, 3.63) is 36.4 Å². The van der Waals surface area contributed by atoms with Crippen molar-refractivity contribution < 1.29 is 4.79 Å². The number of hydrogen-bond acceptors (Lipinski definition) is 7. The Bertz CT molecular complexity index is 699. The van der Waals surface area contributed by atoms with E-state index in [0.29, 0.717) is 22.9 Å². The predicted octanol–water partition coefficient (Wildman–Crippen LogP) is 1.45. The summed E-state index contributed by atoms with van der Waals surface area (Å²) < 4.78 is 0. The lowest BCUT2D eigenvalue weighted by atomic mass is 9.99. The first-order valence-corrected chi connectivity index (χ1v) is 7.97. The maximum atomic E-state index is 12.1. The molecular formula is C16H21N7O. The van der Waals surface area contributed by atoms with E-state index >= 15 is 0 Å². The largest absolute Gasteiger partial charge is 0.393 e. The van der Waals surface area contributed by atoms with Crippen molar-refractivity contribution in [1.29, 1.82) is 0 Å². The van der Waals surface area contributed by atoms with Crippen LogP contribution in [-0.2, 0) is 0 Å². The summed E-state index contributed by atoms with van der Waals surface area (Å²) in [5, 5.41) is 0. The van der Waals surface area contributed by atoms with Gasteiger partial charge < -0.3 is 10.6 Å². The summed E-state index contributed by atoms with van der Waals surface area (Å²) in [5.41, 5.74) is 12.5. The van der Waals surface area contributed by atoms with Gasteiger partial charge in [-0.2, -0.15) is 0 Å². The number of nitrogens with two attached hydrogens (primary N) is 1. The number of aromatic nitrogens is 3. The number of hydrazine groups is 1. The Morgan fingerprint density at radius 2 is 1.96 bits per heavy atom. The lowest BCUT2D eigenvalue weighted by Crippen LogP contribution is -2.35. The van der Waals surface area contributed by atoms with E-state index < -0.39 is 0 Å². The zero-order chi connectivity index (χ0) is 16.9. The summed E-state index contributed by atoms with van der Waals surface area (Å²) in [6.45, 7) is 4.10. The second-order valence-electron chi connectivity index (χ2n) is 5.94. The maximum Gasteiger partial charge on any atom is 0.269 e. The number of rotatable bonds is 4. The second-order valence-corrected chi connectivity index (χ2v) is 5.94. The molecule has 2 aromatic rings. The molecule has 1 saturated heterocycles. The summed E-state index contributed by atoms with van der Waals surface area (Å²) in [5.74, 6) is 1.53. The minimum Gasteiger partial charge on any atom is -0.393 e. The molecule has 2 aromatic heterocycles. The van der Waals surface area contributed by atoms with Crippen molar-refractivity contribution in [2.45, 2.75) is 19.8 Å². The topological polar surface area (TPSA) is 109 Å². The highest BCUT2D eigenvalue weighted by atomic mass is 16.2. The number of carbonyl (C=O) groups excluding carboxylic acids is 1. The zero-order valence-corrected chi connectivity index (χ0v) is 13.6. The van der Waals surface area contributed by atoms with Gasteiger partial charge in [0.1, 0.15) is 12.0 Å². The predicted molar refractivity (Wildman–Crippen MR) is 92.4 cm³/mol. The Balaban J connectivity index is 1.68. The van der Waals surface area contributed by atoms with E-state index in [2.05, 4.69) is 37.6 Å². The minimum absolute atomic E-state index is 0.288. The number of pyridine rings is 1. The number of carbonyl (C=O) groups is 1. The third-order valence-electron chi connectivity index (χ3n) is 4.18. The van der Waals surface area contributed by atoms with Gasteiger partial charge in [0.2, 0.25) is 0 Å². The highest BCUT2D eigenvalue weighted by Gasteiger charge is 2.20. The average molecular weight is 327 g/mol. The third-order valence-corrected chi connectivity index (χ3v) is 4.18. The lowest BCUT2D eigenvalue weighted by Gasteiger charge is -2.32. The van der Waals surface area contributed by atoms with E-state index in [1.165, 1.54) is 6.33 Å². The molecule has 0 bridgehead atoms. The molecular weight excluding hydrogens is 306 g/mol. The standard InChI is InChI=1S/C16H21N7O/c1-11-4-8-23(9-5-11)15-13(17)14(19-10-20-15)21-22-16(24)12-2-6-18-7-3-12/h2-3,6-7,10-11H,4-5,8-9,17H2,1H3,(H,22,24)(H,19,20,21). The number of hydrogen-bond donors (Lipinski definition) is 3. The first-order valence-electron chi connectivity index (χ1n) is 7.97. The van der Waals surface area contributed by atoms with Gasteiger partial charge in [0.25, 0.3) is 5.91 Å². The first kappa shape index (κ1) is 16.0. The molecule has 3 heterocycles. The van der Waals surface area contributed by atoms with E-state index in [1.54, 1.807) is 24.5 Å². The Hall–Kier alpha value is -2.90. The number of nitrogens with zero attached hydrogens (tertiary/aromatic N) is 4. The lowest BCUT2D eigenvalue weighted by molar-refractivity contribution is 0.0962. The van der Waals surface area contributed by atoms with Gasteiger partial charge in [-0.05, 0) is 30.9 Å². The fourth-order valence-electron chi connectivity index (χ4n) is 2.65. The van der Waals surface area contributed by atoms with Gasteiger partial charge in [0.15, 0.2) is 11.6 Å². The minimum atomic E-state index is -0.288. The van der Waals surface area contributed by atoms with Gasteiger partial charge in [-0.25, -0.2) is 9.97 Å². The molecule has 0 spiro atoms. The van der Waals surface area contributed by atoms with Crippen LogP contribution in [0.25, 0.3) is 0 Å². The molecule has 24 heavy (non-hydrogen) atoms. The van der Waals surface area contributed by atoms with Gasteiger partial charge in [0, 0.05) is 31.0 Å². The molecule has 0 saturated carbocycles.